The van der Waals surface area contributed by atoms with Crippen molar-refractivity contribution in [3.8, 4) is 0 Å². The van der Waals surface area contributed by atoms with Crippen molar-refractivity contribution >= 4 is 11.6 Å². The minimum Gasteiger partial charge on any atom is -0.368 e. The summed E-state index contributed by atoms with van der Waals surface area (Å²) in [6.07, 6.45) is 3.81. The number of alkyl halides is 1. The van der Waals surface area contributed by atoms with Gasteiger partial charge in [-0.2, -0.15) is 5.10 Å². The molecule has 4 heterocycles. The van der Waals surface area contributed by atoms with Gasteiger partial charge < -0.3 is 15.1 Å². The molecule has 1 fully saturated rings. The minimum absolute atomic E-state index is 0.0265. The van der Waals surface area contributed by atoms with Crippen LogP contribution < -0.4 is 10.2 Å². The zero-order chi connectivity index (χ0) is 17.2. The second kappa shape index (κ2) is 6.87. The van der Waals surface area contributed by atoms with Crippen molar-refractivity contribution in [2.75, 3.05) is 36.9 Å². The second-order valence-corrected chi connectivity index (χ2v) is 6.74. The Morgan fingerprint density at radius 2 is 2.28 bits per heavy atom. The van der Waals surface area contributed by atoms with Gasteiger partial charge in [0.1, 0.15) is 18.3 Å². The number of nitrogens with one attached hydrogen (secondary N) is 1. The molecule has 2 aromatic rings. The molecule has 0 spiro atoms. The van der Waals surface area contributed by atoms with Crippen LogP contribution in [-0.4, -0.2) is 64.0 Å². The number of fused-ring (bicyclic) bond motifs is 1. The summed E-state index contributed by atoms with van der Waals surface area (Å²) in [5.41, 5.74) is 2.26. The molecular weight excluding hydrogens is 321 g/mol. The Hall–Kier alpha value is -2.35. The van der Waals surface area contributed by atoms with E-state index in [1.54, 1.807) is 12.5 Å². The zero-order valence-corrected chi connectivity index (χ0v) is 14.3. The number of anilines is 2. The van der Waals surface area contributed by atoms with Crippen LogP contribution in [0.5, 0.6) is 0 Å². The highest BCUT2D eigenvalue weighted by molar-refractivity contribution is 5.48. The number of hydrogen-bond acceptors (Lipinski definition) is 7. The first kappa shape index (κ1) is 16.1. The van der Waals surface area contributed by atoms with Crippen LogP contribution in [0.2, 0.25) is 0 Å². The summed E-state index contributed by atoms with van der Waals surface area (Å²) >= 11 is 0. The summed E-state index contributed by atoms with van der Waals surface area (Å²) in [6, 6.07) is 3.73. The molecule has 2 aromatic heterocycles. The fourth-order valence-corrected chi connectivity index (χ4v) is 3.62. The molecule has 0 bridgehead atoms. The van der Waals surface area contributed by atoms with Gasteiger partial charge >= 0.3 is 0 Å². The van der Waals surface area contributed by atoms with E-state index in [0.717, 1.165) is 42.4 Å². The number of nitrogens with zero attached hydrogens (tertiary/aromatic N) is 6. The average molecular weight is 343 g/mol. The molecule has 8 heteroatoms. The molecule has 0 aromatic carbocycles. The molecule has 2 aliphatic heterocycles. The normalized spacial score (nSPS) is 23.5. The first-order valence-corrected chi connectivity index (χ1v) is 8.64. The smallest absolute Gasteiger partial charge is 0.151 e. The van der Waals surface area contributed by atoms with E-state index in [9.17, 15) is 4.39 Å². The lowest BCUT2D eigenvalue weighted by atomic mass is 10.1. The molecule has 2 aliphatic rings. The number of hydrogen-bond donors (Lipinski definition) is 1. The molecule has 0 unspecified atom stereocenters. The summed E-state index contributed by atoms with van der Waals surface area (Å²) in [5.74, 6) is 1.58. The van der Waals surface area contributed by atoms with E-state index in [2.05, 4.69) is 37.4 Å². The van der Waals surface area contributed by atoms with Gasteiger partial charge in [0.2, 0.25) is 0 Å². The molecule has 1 N–H and O–H groups in total. The largest absolute Gasteiger partial charge is 0.368 e. The van der Waals surface area contributed by atoms with E-state index in [0.29, 0.717) is 19.5 Å². The summed E-state index contributed by atoms with van der Waals surface area (Å²) in [7, 11) is 2.10. The predicted molar refractivity (Wildman–Crippen MR) is 93.2 cm³/mol. The molecule has 132 valence electrons. The first-order chi connectivity index (χ1) is 12.2. The second-order valence-electron chi connectivity index (χ2n) is 6.74. The van der Waals surface area contributed by atoms with Crippen molar-refractivity contribution in [3.05, 3.63) is 35.9 Å². The molecule has 4 rings (SSSR count). The van der Waals surface area contributed by atoms with Crippen molar-refractivity contribution < 1.29 is 4.39 Å². The van der Waals surface area contributed by atoms with Crippen molar-refractivity contribution in [2.24, 2.45) is 0 Å². The fraction of sp³-hybridized carbons (Fsp3) is 0.529. The van der Waals surface area contributed by atoms with Crippen LogP contribution in [0, 0.1) is 0 Å². The number of halogens is 1. The van der Waals surface area contributed by atoms with Crippen LogP contribution in [0.4, 0.5) is 16.0 Å². The Kier molecular flexibility index (Phi) is 4.44. The lowest BCUT2D eigenvalue weighted by Crippen LogP contribution is -2.36. The zero-order valence-electron chi connectivity index (χ0n) is 14.3. The Morgan fingerprint density at radius 3 is 3.12 bits per heavy atom. The van der Waals surface area contributed by atoms with Crippen molar-refractivity contribution in [1.29, 1.82) is 0 Å². The molecule has 7 nitrogen and oxygen atoms in total. The van der Waals surface area contributed by atoms with Gasteiger partial charge in [0, 0.05) is 44.2 Å². The van der Waals surface area contributed by atoms with Gasteiger partial charge in [0.05, 0.1) is 18.3 Å². The van der Waals surface area contributed by atoms with Gasteiger partial charge in [-0.05, 0) is 19.2 Å². The van der Waals surface area contributed by atoms with Crippen LogP contribution in [0.15, 0.2) is 24.7 Å². The van der Waals surface area contributed by atoms with E-state index in [-0.39, 0.29) is 6.04 Å². The standard InChI is InChI=1S/C17H22FN7/c1-24-6-4-15-14(10-24)17(21-11-20-15)19-8-13-7-12(18)9-25(13)16-3-2-5-22-23-16/h2-3,5,11-13H,4,6-10H2,1H3,(H,19,20,21)/t12-,13-/m0/s1. The van der Waals surface area contributed by atoms with Gasteiger partial charge in [0.25, 0.3) is 0 Å². The highest BCUT2D eigenvalue weighted by atomic mass is 19.1. The Bertz CT molecular complexity index is 726. The lowest BCUT2D eigenvalue weighted by molar-refractivity contribution is 0.309. The van der Waals surface area contributed by atoms with Gasteiger partial charge in [-0.15, -0.1) is 5.10 Å². The van der Waals surface area contributed by atoms with Crippen molar-refractivity contribution in [3.63, 3.8) is 0 Å². The maximum Gasteiger partial charge on any atom is 0.151 e. The molecule has 0 saturated carbocycles. The summed E-state index contributed by atoms with van der Waals surface area (Å²) in [5, 5.41) is 11.5. The number of rotatable bonds is 4. The number of aromatic nitrogens is 4. The van der Waals surface area contributed by atoms with Crippen LogP contribution >= 0.6 is 0 Å². The van der Waals surface area contributed by atoms with E-state index in [1.165, 1.54) is 0 Å². The third-order valence-electron chi connectivity index (χ3n) is 4.91. The highest BCUT2D eigenvalue weighted by Crippen LogP contribution is 2.27. The lowest BCUT2D eigenvalue weighted by Gasteiger charge is -2.28. The summed E-state index contributed by atoms with van der Waals surface area (Å²) < 4.78 is 14.0. The summed E-state index contributed by atoms with van der Waals surface area (Å²) in [6.45, 7) is 2.82. The topological polar surface area (TPSA) is 70.1 Å². The molecule has 0 aliphatic carbocycles. The van der Waals surface area contributed by atoms with Crippen LogP contribution in [0.1, 0.15) is 17.7 Å². The third kappa shape index (κ3) is 3.39. The fourth-order valence-electron chi connectivity index (χ4n) is 3.62. The van der Waals surface area contributed by atoms with E-state index in [4.69, 9.17) is 0 Å². The van der Waals surface area contributed by atoms with Gasteiger partial charge in [0.15, 0.2) is 5.82 Å². The van der Waals surface area contributed by atoms with Gasteiger partial charge in [-0.25, -0.2) is 14.4 Å². The summed E-state index contributed by atoms with van der Waals surface area (Å²) in [4.78, 5) is 13.1. The van der Waals surface area contributed by atoms with Crippen LogP contribution in [0.25, 0.3) is 0 Å². The predicted octanol–water partition coefficient (Wildman–Crippen LogP) is 1.28. The quantitative estimate of drug-likeness (QED) is 0.897. The Morgan fingerprint density at radius 1 is 1.36 bits per heavy atom. The molecular formula is C17H22FN7. The first-order valence-electron chi connectivity index (χ1n) is 8.64. The maximum atomic E-state index is 14.0. The molecule has 1 saturated heterocycles. The monoisotopic (exact) mass is 343 g/mol. The maximum absolute atomic E-state index is 14.0. The van der Waals surface area contributed by atoms with Crippen molar-refractivity contribution in [2.45, 2.75) is 31.6 Å². The average Bonchev–Trinajstić information content (AvgIpc) is 3.01. The third-order valence-corrected chi connectivity index (χ3v) is 4.91. The molecule has 2 atom stereocenters. The minimum atomic E-state index is -0.848. The van der Waals surface area contributed by atoms with E-state index in [1.807, 2.05) is 17.0 Å². The Balaban J connectivity index is 1.49. The molecule has 25 heavy (non-hydrogen) atoms. The van der Waals surface area contributed by atoms with Crippen molar-refractivity contribution in [1.82, 2.24) is 25.1 Å². The van der Waals surface area contributed by atoms with Gasteiger partial charge in [-0.3, -0.25) is 0 Å². The number of likely N-dealkylation sites (N-methyl/N-ethyl adjacent to an activating group) is 1. The Labute approximate surface area is 146 Å². The van der Waals surface area contributed by atoms with Crippen LogP contribution in [-0.2, 0) is 13.0 Å². The molecule has 0 radical (unpaired) electrons. The van der Waals surface area contributed by atoms with Gasteiger partial charge in [-0.1, -0.05) is 0 Å². The van der Waals surface area contributed by atoms with E-state index < -0.39 is 6.17 Å². The SMILES string of the molecule is CN1CCc2ncnc(NC[C@@H]3C[C@H](F)CN3c3cccnn3)c2C1. The molecule has 0 amide bonds. The van der Waals surface area contributed by atoms with E-state index >= 15 is 0 Å². The van der Waals surface area contributed by atoms with Crippen LogP contribution in [0.3, 0.4) is 0 Å². The highest BCUT2D eigenvalue weighted by Gasteiger charge is 2.33.